The first-order valence-corrected chi connectivity index (χ1v) is 16.7. The number of nitrogens with zero attached hydrogens (tertiary/aromatic N) is 4. The van der Waals surface area contributed by atoms with Crippen molar-refractivity contribution < 1.29 is 22.8 Å². The van der Waals surface area contributed by atoms with E-state index in [9.17, 15) is 13.6 Å². The van der Waals surface area contributed by atoms with Gasteiger partial charge in [0.2, 0.25) is 5.82 Å². The van der Waals surface area contributed by atoms with Gasteiger partial charge in [-0.1, -0.05) is 51.6 Å². The number of quaternary nitrogens is 1. The zero-order valence-corrected chi connectivity index (χ0v) is 28.1. The summed E-state index contributed by atoms with van der Waals surface area (Å²) in [7, 11) is 1.28. The Morgan fingerprint density at radius 2 is 1.61 bits per heavy atom. The van der Waals surface area contributed by atoms with Crippen LogP contribution in [0.3, 0.4) is 0 Å². The van der Waals surface area contributed by atoms with Gasteiger partial charge in [-0.25, -0.2) is 14.4 Å². The number of nitrogens with one attached hydrogen (secondary N) is 2. The normalized spacial score (nSPS) is 11.6. The zero-order valence-electron chi connectivity index (χ0n) is 27.3. The molecule has 2 aromatic heterocycles. The fourth-order valence-corrected chi connectivity index (χ4v) is 6.14. The molecule has 4 aromatic rings. The molecular formula is C35H46ClF2N6O2+. The lowest BCUT2D eigenvalue weighted by Crippen LogP contribution is -2.51. The van der Waals surface area contributed by atoms with E-state index in [1.54, 1.807) is 28.8 Å². The first-order valence-electron chi connectivity index (χ1n) is 16.3. The molecule has 0 atom stereocenters. The average Bonchev–Trinajstić information content (AvgIpc) is 3.49. The Kier molecular flexibility index (Phi) is 12.7. The van der Waals surface area contributed by atoms with Gasteiger partial charge in [-0.15, -0.1) is 0 Å². The van der Waals surface area contributed by atoms with Crippen molar-refractivity contribution in [3.05, 3.63) is 71.1 Å². The quantitative estimate of drug-likeness (QED) is 0.0831. The second kappa shape index (κ2) is 16.7. The number of fused-ring (bicyclic) bond motifs is 1. The van der Waals surface area contributed by atoms with Crippen LogP contribution < -0.4 is 15.4 Å². The van der Waals surface area contributed by atoms with Gasteiger partial charge in [0.15, 0.2) is 23.0 Å². The van der Waals surface area contributed by atoms with Crippen molar-refractivity contribution in [1.29, 1.82) is 0 Å². The summed E-state index contributed by atoms with van der Waals surface area (Å²) in [6.07, 6.45) is 12.8. The number of anilines is 2. The average molecular weight is 656 g/mol. The number of hydrogen-bond acceptors (Lipinski definition) is 5. The summed E-state index contributed by atoms with van der Waals surface area (Å²) in [4.78, 5) is 21.9. The highest BCUT2D eigenvalue weighted by Gasteiger charge is 2.25. The van der Waals surface area contributed by atoms with Crippen LogP contribution >= 0.6 is 11.6 Å². The van der Waals surface area contributed by atoms with Crippen LogP contribution in [0.2, 0.25) is 5.02 Å². The van der Waals surface area contributed by atoms with Crippen molar-refractivity contribution >= 4 is 34.7 Å². The highest BCUT2D eigenvalue weighted by atomic mass is 35.5. The van der Waals surface area contributed by atoms with Gasteiger partial charge in [-0.05, 0) is 49.6 Å². The topological polar surface area (TPSA) is 80.6 Å². The number of aromatic nitrogens is 3. The third-order valence-electron chi connectivity index (χ3n) is 8.50. The molecule has 0 radical (unpaired) electrons. The van der Waals surface area contributed by atoms with E-state index < -0.39 is 11.6 Å². The number of carbonyl (C=O) groups is 1. The summed E-state index contributed by atoms with van der Waals surface area (Å²) < 4.78 is 36.9. The van der Waals surface area contributed by atoms with Crippen molar-refractivity contribution in [3.8, 4) is 17.0 Å². The second-order valence-corrected chi connectivity index (χ2v) is 12.2. The fourth-order valence-electron chi connectivity index (χ4n) is 5.87. The minimum atomic E-state index is -1.07. The van der Waals surface area contributed by atoms with Crippen LogP contribution in [0, 0.1) is 11.6 Å². The SMILES string of the molecule is CCCC[N+](CCCC)(CCCC)CCCNC(=O)c1ccc(Nc2nccn3c(-c4ccc(OC)c(F)c4F)cnc23)cc1Cl. The molecule has 0 saturated carbocycles. The Hall–Kier alpha value is -3.76. The van der Waals surface area contributed by atoms with E-state index in [-0.39, 0.29) is 17.2 Å². The van der Waals surface area contributed by atoms with Gasteiger partial charge < -0.3 is 19.9 Å². The van der Waals surface area contributed by atoms with E-state index in [1.165, 1.54) is 89.8 Å². The number of hydrogen-bond donors (Lipinski definition) is 2. The molecule has 2 aromatic carbocycles. The lowest BCUT2D eigenvalue weighted by atomic mass is 10.1. The van der Waals surface area contributed by atoms with Gasteiger partial charge in [0, 0.05) is 36.6 Å². The van der Waals surface area contributed by atoms with E-state index in [0.29, 0.717) is 40.0 Å². The summed E-state index contributed by atoms with van der Waals surface area (Å²) in [6.45, 7) is 12.0. The molecule has 2 N–H and O–H groups in total. The Morgan fingerprint density at radius 1 is 0.935 bits per heavy atom. The van der Waals surface area contributed by atoms with Crippen molar-refractivity contribution in [2.24, 2.45) is 0 Å². The number of methoxy groups -OCH3 is 1. The van der Waals surface area contributed by atoms with Crippen LogP contribution in [0.1, 0.15) is 76.1 Å². The van der Waals surface area contributed by atoms with Gasteiger partial charge in [0.25, 0.3) is 5.91 Å². The molecule has 0 bridgehead atoms. The first-order chi connectivity index (χ1) is 22.3. The van der Waals surface area contributed by atoms with Gasteiger partial charge >= 0.3 is 0 Å². The molecule has 248 valence electrons. The predicted molar refractivity (Wildman–Crippen MR) is 181 cm³/mol. The molecular weight excluding hydrogens is 610 g/mol. The molecule has 8 nitrogen and oxygen atoms in total. The number of halogens is 3. The Labute approximate surface area is 275 Å². The van der Waals surface area contributed by atoms with Crippen LogP contribution in [0.15, 0.2) is 48.9 Å². The summed E-state index contributed by atoms with van der Waals surface area (Å²) in [6, 6.07) is 7.90. The predicted octanol–water partition coefficient (Wildman–Crippen LogP) is 8.42. The highest BCUT2D eigenvalue weighted by molar-refractivity contribution is 6.34. The molecule has 1 amide bonds. The molecule has 4 rings (SSSR count). The van der Waals surface area contributed by atoms with Crippen molar-refractivity contribution in [2.45, 2.75) is 65.7 Å². The monoisotopic (exact) mass is 655 g/mol. The maximum absolute atomic E-state index is 14.8. The molecule has 0 unspecified atom stereocenters. The summed E-state index contributed by atoms with van der Waals surface area (Å²) in [5.74, 6) is -2.11. The molecule has 0 aliphatic heterocycles. The van der Waals surface area contributed by atoms with Gasteiger partial charge in [-0.2, -0.15) is 4.39 Å². The largest absolute Gasteiger partial charge is 0.494 e. The first kappa shape index (κ1) is 35.1. The number of benzene rings is 2. The summed E-state index contributed by atoms with van der Waals surface area (Å²) in [5, 5.41) is 6.54. The van der Waals surface area contributed by atoms with Crippen LogP contribution in [0.4, 0.5) is 20.3 Å². The Bertz CT molecular complexity index is 1590. The van der Waals surface area contributed by atoms with E-state index in [1.807, 2.05) is 0 Å². The molecule has 0 saturated heterocycles. The molecule has 46 heavy (non-hydrogen) atoms. The number of unbranched alkanes of at least 4 members (excludes halogenated alkanes) is 3. The minimum absolute atomic E-state index is 0.0360. The number of imidazole rings is 1. The zero-order chi connectivity index (χ0) is 33.1. The van der Waals surface area contributed by atoms with E-state index in [0.717, 1.165) is 17.4 Å². The van der Waals surface area contributed by atoms with Crippen molar-refractivity contribution in [3.63, 3.8) is 0 Å². The fraction of sp³-hybridized carbons (Fsp3) is 0.457. The number of amides is 1. The van der Waals surface area contributed by atoms with Crippen LogP contribution in [-0.4, -0.2) is 64.6 Å². The third kappa shape index (κ3) is 8.33. The Balaban J connectivity index is 1.42. The minimum Gasteiger partial charge on any atom is -0.494 e. The molecule has 0 aliphatic rings. The molecule has 11 heteroatoms. The number of rotatable bonds is 18. The highest BCUT2D eigenvalue weighted by Crippen LogP contribution is 2.32. The second-order valence-electron chi connectivity index (χ2n) is 11.8. The van der Waals surface area contributed by atoms with Gasteiger partial charge in [0.05, 0.1) is 55.8 Å². The molecule has 0 aliphatic carbocycles. The lowest BCUT2D eigenvalue weighted by molar-refractivity contribution is -0.929. The van der Waals surface area contributed by atoms with Gasteiger partial charge in [0.1, 0.15) is 0 Å². The van der Waals surface area contributed by atoms with E-state index in [2.05, 4.69) is 41.4 Å². The third-order valence-corrected chi connectivity index (χ3v) is 8.81. The maximum atomic E-state index is 14.8. The summed E-state index contributed by atoms with van der Waals surface area (Å²) >= 11 is 6.57. The Morgan fingerprint density at radius 3 is 2.24 bits per heavy atom. The smallest absolute Gasteiger partial charge is 0.252 e. The molecule has 2 heterocycles. The summed E-state index contributed by atoms with van der Waals surface area (Å²) in [5.41, 5.74) is 1.77. The van der Waals surface area contributed by atoms with E-state index >= 15 is 0 Å². The molecule has 0 spiro atoms. The van der Waals surface area contributed by atoms with Crippen molar-refractivity contribution in [1.82, 2.24) is 19.7 Å². The van der Waals surface area contributed by atoms with Crippen LogP contribution in [0.25, 0.3) is 16.9 Å². The van der Waals surface area contributed by atoms with Crippen LogP contribution in [0.5, 0.6) is 5.75 Å². The maximum Gasteiger partial charge on any atom is 0.252 e. The lowest BCUT2D eigenvalue weighted by Gasteiger charge is -2.39. The van der Waals surface area contributed by atoms with Gasteiger partial charge in [-0.3, -0.25) is 9.20 Å². The standard InChI is InChI=1S/C35H45ClF2N6O2/c1-5-8-19-44(20-9-6-2,21-10-7-3)22-11-16-40-35(45)26-13-12-25(23-28(26)36)42-33-34-41-24-29(43(34)18-17-39-33)27-14-15-30(46-4)32(38)31(27)37/h12-15,17-18,23-24H,5-11,16,19-22H2,1-4H3,(H-,39,40,42,45)/p+1. The van der Waals surface area contributed by atoms with Crippen LogP contribution in [-0.2, 0) is 0 Å². The van der Waals surface area contributed by atoms with E-state index in [4.69, 9.17) is 16.3 Å². The number of carbonyl (C=O) groups excluding carboxylic acids is 1. The molecule has 0 fully saturated rings. The van der Waals surface area contributed by atoms with Crippen molar-refractivity contribution in [2.75, 3.05) is 45.2 Å². The number of ether oxygens (including phenoxy) is 1.